The highest BCUT2D eigenvalue weighted by atomic mass is 16.2. The van der Waals surface area contributed by atoms with E-state index in [4.69, 9.17) is 5.73 Å². The predicted octanol–water partition coefficient (Wildman–Crippen LogP) is 1.90. The highest BCUT2D eigenvalue weighted by Crippen LogP contribution is 2.20. The fourth-order valence-corrected chi connectivity index (χ4v) is 2.93. The molecule has 2 aromatic heterocycles. The molecule has 0 aliphatic carbocycles. The van der Waals surface area contributed by atoms with Crippen molar-refractivity contribution in [3.8, 4) is 0 Å². The second-order valence-electron chi connectivity index (χ2n) is 6.42. The average Bonchev–Trinajstić information content (AvgIpc) is 2.98. The van der Waals surface area contributed by atoms with E-state index in [-0.39, 0.29) is 18.1 Å². The molecule has 0 atom stereocenters. The van der Waals surface area contributed by atoms with E-state index < -0.39 is 0 Å². The van der Waals surface area contributed by atoms with E-state index in [0.717, 1.165) is 11.3 Å². The fraction of sp³-hybridized carbons (Fsp3) is 0.158. The van der Waals surface area contributed by atoms with Crippen LogP contribution in [0.4, 0.5) is 11.5 Å². The Morgan fingerprint density at radius 1 is 1.15 bits per heavy atom. The van der Waals surface area contributed by atoms with E-state index >= 15 is 0 Å². The van der Waals surface area contributed by atoms with Crippen molar-refractivity contribution >= 4 is 34.5 Å². The summed E-state index contributed by atoms with van der Waals surface area (Å²) in [6, 6.07) is 15.0. The van der Waals surface area contributed by atoms with Crippen molar-refractivity contribution in [2.75, 3.05) is 19.8 Å². The lowest BCUT2D eigenvalue weighted by molar-refractivity contribution is 0.642. The number of nitrogens with zero attached hydrogens (tertiary/aromatic N) is 6. The summed E-state index contributed by atoms with van der Waals surface area (Å²) in [5, 5.41) is 4.41. The normalized spacial score (nSPS) is 11.6. The number of para-hydroxylation sites is 3. The van der Waals surface area contributed by atoms with E-state index in [1.807, 2.05) is 67.5 Å². The van der Waals surface area contributed by atoms with Crippen LogP contribution in [0.15, 0.2) is 58.3 Å². The van der Waals surface area contributed by atoms with Gasteiger partial charge in [0.05, 0.1) is 29.6 Å². The van der Waals surface area contributed by atoms with Crippen molar-refractivity contribution in [2.24, 2.45) is 4.99 Å². The molecule has 0 amide bonds. The molecule has 0 fully saturated rings. The van der Waals surface area contributed by atoms with Gasteiger partial charge in [-0.15, -0.1) is 5.10 Å². The number of hydrogen-bond donors (Lipinski definition) is 1. The summed E-state index contributed by atoms with van der Waals surface area (Å²) in [5.41, 5.74) is 9.13. The summed E-state index contributed by atoms with van der Waals surface area (Å²) in [6.45, 7) is 0.287. The Morgan fingerprint density at radius 3 is 2.70 bits per heavy atom. The molecule has 8 heteroatoms. The zero-order valence-corrected chi connectivity index (χ0v) is 15.1. The molecule has 2 aromatic carbocycles. The summed E-state index contributed by atoms with van der Waals surface area (Å²) in [4.78, 5) is 23.7. The number of benzene rings is 2. The number of aliphatic imine (C=N–C) groups is 1. The molecule has 0 radical (unpaired) electrons. The molecule has 0 aliphatic rings. The lowest BCUT2D eigenvalue weighted by Gasteiger charge is -2.06. The largest absolute Gasteiger partial charge is 0.381 e. The topological polar surface area (TPSA) is 93.8 Å². The number of hydrogen-bond acceptors (Lipinski definition) is 5. The van der Waals surface area contributed by atoms with Crippen LogP contribution >= 0.6 is 0 Å². The van der Waals surface area contributed by atoms with Gasteiger partial charge in [-0.1, -0.05) is 30.3 Å². The van der Waals surface area contributed by atoms with Gasteiger partial charge >= 0.3 is 5.69 Å². The van der Waals surface area contributed by atoms with Gasteiger partial charge in [0.1, 0.15) is 0 Å². The monoisotopic (exact) mass is 361 g/mol. The van der Waals surface area contributed by atoms with Crippen LogP contribution < -0.4 is 11.4 Å². The number of nitrogen functional groups attached to an aromatic ring is 1. The fourth-order valence-electron chi connectivity index (χ4n) is 2.93. The lowest BCUT2D eigenvalue weighted by atomic mass is 10.2. The number of anilines is 1. The van der Waals surface area contributed by atoms with Crippen LogP contribution in [0.2, 0.25) is 0 Å². The first kappa shape index (κ1) is 16.8. The molecule has 2 heterocycles. The molecular weight excluding hydrogens is 342 g/mol. The standard InChI is InChI=1S/C19H19N7O/c1-24(2)12-21-14-8-4-3-7-13(14)11-25-19(27)26-16-10-6-5-9-15(16)22-17(20)18(26)23-25/h3-10,12H,11H2,1-2H3,(H2,20,22). The molecule has 4 rings (SSSR count). The average molecular weight is 361 g/mol. The third-order valence-corrected chi connectivity index (χ3v) is 4.17. The first-order valence-corrected chi connectivity index (χ1v) is 8.47. The summed E-state index contributed by atoms with van der Waals surface area (Å²) < 4.78 is 2.90. The number of fused-ring (bicyclic) bond motifs is 3. The van der Waals surface area contributed by atoms with E-state index in [2.05, 4.69) is 15.1 Å². The molecular formula is C19H19N7O. The SMILES string of the molecule is CN(C)C=Nc1ccccc1Cn1nc2c(N)nc3ccccc3n2c1=O. The summed E-state index contributed by atoms with van der Waals surface area (Å²) in [6.07, 6.45) is 1.72. The van der Waals surface area contributed by atoms with Gasteiger partial charge in [0, 0.05) is 14.1 Å². The highest BCUT2D eigenvalue weighted by Gasteiger charge is 2.15. The number of rotatable bonds is 4. The molecule has 8 nitrogen and oxygen atoms in total. The molecule has 136 valence electrons. The van der Waals surface area contributed by atoms with Gasteiger partial charge in [0.2, 0.25) is 5.65 Å². The molecule has 0 unspecified atom stereocenters. The van der Waals surface area contributed by atoms with Gasteiger partial charge < -0.3 is 10.6 Å². The van der Waals surface area contributed by atoms with Gasteiger partial charge in [-0.25, -0.2) is 23.9 Å². The van der Waals surface area contributed by atoms with Crippen molar-refractivity contribution in [1.82, 2.24) is 24.1 Å². The van der Waals surface area contributed by atoms with Crippen molar-refractivity contribution < 1.29 is 0 Å². The summed E-state index contributed by atoms with van der Waals surface area (Å²) >= 11 is 0. The first-order valence-electron chi connectivity index (χ1n) is 8.47. The van der Waals surface area contributed by atoms with E-state index in [1.54, 1.807) is 6.34 Å². The number of nitrogens with two attached hydrogens (primary N) is 1. The zero-order valence-electron chi connectivity index (χ0n) is 15.1. The Bertz CT molecular complexity index is 1220. The van der Waals surface area contributed by atoms with Crippen LogP contribution in [-0.4, -0.2) is 44.5 Å². The Balaban J connectivity index is 1.85. The predicted molar refractivity (Wildman–Crippen MR) is 107 cm³/mol. The van der Waals surface area contributed by atoms with Gasteiger partial charge in [0.25, 0.3) is 0 Å². The van der Waals surface area contributed by atoms with Crippen LogP contribution in [0, 0.1) is 0 Å². The van der Waals surface area contributed by atoms with Gasteiger partial charge in [-0.3, -0.25) is 0 Å². The maximum atomic E-state index is 13.0. The van der Waals surface area contributed by atoms with E-state index in [1.165, 1.54) is 9.08 Å². The van der Waals surface area contributed by atoms with Crippen molar-refractivity contribution in [2.45, 2.75) is 6.54 Å². The maximum Gasteiger partial charge on any atom is 0.351 e. The first-order chi connectivity index (χ1) is 13.0. The molecule has 0 saturated carbocycles. The van der Waals surface area contributed by atoms with E-state index in [9.17, 15) is 4.79 Å². The summed E-state index contributed by atoms with van der Waals surface area (Å²) in [7, 11) is 3.80. The lowest BCUT2D eigenvalue weighted by Crippen LogP contribution is -2.22. The zero-order chi connectivity index (χ0) is 19.0. The second-order valence-corrected chi connectivity index (χ2v) is 6.42. The van der Waals surface area contributed by atoms with Gasteiger partial charge in [-0.2, -0.15) is 0 Å². The third-order valence-electron chi connectivity index (χ3n) is 4.17. The third kappa shape index (κ3) is 3.01. The highest BCUT2D eigenvalue weighted by molar-refractivity contribution is 5.81. The van der Waals surface area contributed by atoms with Crippen LogP contribution in [-0.2, 0) is 6.54 Å². The Hall–Kier alpha value is -3.68. The number of aromatic nitrogens is 4. The summed E-state index contributed by atoms with van der Waals surface area (Å²) in [5.74, 6) is 0.225. The minimum absolute atomic E-state index is 0.225. The van der Waals surface area contributed by atoms with Crippen LogP contribution in [0.3, 0.4) is 0 Å². The molecule has 0 bridgehead atoms. The van der Waals surface area contributed by atoms with Crippen molar-refractivity contribution in [1.29, 1.82) is 0 Å². The minimum Gasteiger partial charge on any atom is -0.381 e. The van der Waals surface area contributed by atoms with Gasteiger partial charge in [0.15, 0.2) is 5.82 Å². The van der Waals surface area contributed by atoms with Crippen molar-refractivity contribution in [3.63, 3.8) is 0 Å². The molecule has 0 aliphatic heterocycles. The maximum absolute atomic E-state index is 13.0. The Labute approximate surface area is 155 Å². The van der Waals surface area contributed by atoms with E-state index in [0.29, 0.717) is 16.7 Å². The Morgan fingerprint density at radius 2 is 1.89 bits per heavy atom. The van der Waals surface area contributed by atoms with Crippen LogP contribution in [0.25, 0.3) is 16.7 Å². The van der Waals surface area contributed by atoms with Crippen molar-refractivity contribution in [3.05, 3.63) is 64.6 Å². The molecule has 27 heavy (non-hydrogen) atoms. The molecule has 2 N–H and O–H groups in total. The van der Waals surface area contributed by atoms with Crippen LogP contribution in [0.1, 0.15) is 5.56 Å². The quantitative estimate of drug-likeness (QED) is 0.443. The Kier molecular flexibility index (Phi) is 4.08. The smallest absolute Gasteiger partial charge is 0.351 e. The molecule has 0 saturated heterocycles. The van der Waals surface area contributed by atoms with Crippen LogP contribution in [0.5, 0.6) is 0 Å². The molecule has 0 spiro atoms. The molecule has 4 aromatic rings. The minimum atomic E-state index is -0.262. The second kappa shape index (κ2) is 6.56. The van der Waals surface area contributed by atoms with Gasteiger partial charge in [-0.05, 0) is 23.8 Å².